The van der Waals surface area contributed by atoms with E-state index in [2.05, 4.69) is 15.5 Å². The van der Waals surface area contributed by atoms with Gasteiger partial charge >= 0.3 is 18.3 Å². The number of amides is 1. The molecule has 2 aliphatic rings. The number of piperidine rings is 2. The molecule has 0 spiro atoms. The number of benzene rings is 2. The second kappa shape index (κ2) is 18.6. The maximum atomic E-state index is 12.9. The fourth-order valence-electron chi connectivity index (χ4n) is 6.14. The third kappa shape index (κ3) is 11.8. The number of nitrogens with zero attached hydrogens (tertiary/aromatic N) is 5. The molecule has 0 aliphatic carbocycles. The van der Waals surface area contributed by atoms with Crippen molar-refractivity contribution < 1.29 is 51.3 Å². The molecule has 2 aliphatic heterocycles. The molecule has 1 amide bonds. The standard InChI is InChI=1S/C18H18Cl2F3N3O2.C11H14ClNO.C7H6ClF3N2O2/c1-11-15(20)16(18(21,22)23)24-26(11)10-14(27)25-8-6-17(28,7-9-25)12-2-4-13(19)5-3-12;12-10-3-1-9(2-4-10)11(14)5-7-13-8-6-11;1-3-5(8)6(7(9,10)11)12-13(3)2-4(14)15/h2-5,28H,6-10H2,1H3;1-4,13-14H,5-8H2;2H2,1H3,(H,14,15). The Hall–Kier alpha value is -3.58. The number of carbonyl (C=O) groups is 2. The third-order valence-corrected chi connectivity index (χ3v) is 10.9. The SMILES string of the molecule is Cc1c(Cl)c(C(F)(F)F)nn1CC(=O)N1CCC(O)(c2ccc(Cl)cc2)CC1.Cc1c(Cl)c(C(F)(F)F)nn1CC(=O)O.OC1(c2ccc(Cl)cc2)CCNCC1. The molecule has 312 valence electrons. The molecule has 2 aromatic carbocycles. The van der Waals surface area contributed by atoms with E-state index >= 15 is 0 Å². The maximum absolute atomic E-state index is 12.9. The van der Waals surface area contributed by atoms with E-state index in [9.17, 15) is 46.1 Å². The number of rotatable bonds is 6. The number of likely N-dealkylation sites (tertiary alicyclic amines) is 1. The number of halogens is 10. The van der Waals surface area contributed by atoms with Crippen molar-refractivity contribution in [2.75, 3.05) is 26.2 Å². The van der Waals surface area contributed by atoms with Gasteiger partial charge in [0, 0.05) is 23.1 Å². The minimum absolute atomic E-state index is 0.0219. The summed E-state index contributed by atoms with van der Waals surface area (Å²) in [5, 5.41) is 39.6. The van der Waals surface area contributed by atoms with Crippen LogP contribution in [0.5, 0.6) is 0 Å². The van der Waals surface area contributed by atoms with Gasteiger partial charge in [0.1, 0.15) is 13.1 Å². The Morgan fingerprint density at radius 3 is 1.40 bits per heavy atom. The summed E-state index contributed by atoms with van der Waals surface area (Å²) < 4.78 is 77.2. The van der Waals surface area contributed by atoms with Crippen molar-refractivity contribution in [3.63, 3.8) is 0 Å². The predicted octanol–water partition coefficient (Wildman–Crippen LogP) is 7.89. The van der Waals surface area contributed by atoms with Crippen LogP contribution in [-0.4, -0.2) is 77.8 Å². The normalized spacial score (nSPS) is 16.6. The lowest BCUT2D eigenvalue weighted by atomic mass is 9.84. The molecule has 0 saturated carbocycles. The maximum Gasteiger partial charge on any atom is 0.436 e. The van der Waals surface area contributed by atoms with Crippen LogP contribution in [0, 0.1) is 13.8 Å². The van der Waals surface area contributed by atoms with E-state index in [4.69, 9.17) is 51.5 Å². The van der Waals surface area contributed by atoms with Crippen molar-refractivity contribution in [1.82, 2.24) is 29.8 Å². The summed E-state index contributed by atoms with van der Waals surface area (Å²) in [5.74, 6) is -1.67. The summed E-state index contributed by atoms with van der Waals surface area (Å²) in [6.07, 6.45) is -7.19. The van der Waals surface area contributed by atoms with Crippen LogP contribution in [0.4, 0.5) is 26.3 Å². The van der Waals surface area contributed by atoms with Crippen LogP contribution in [0.1, 0.15) is 59.6 Å². The number of aliphatic hydroxyl groups is 2. The van der Waals surface area contributed by atoms with Gasteiger partial charge in [0.05, 0.1) is 32.6 Å². The lowest BCUT2D eigenvalue weighted by Crippen LogP contribution is -2.46. The van der Waals surface area contributed by atoms with Crippen LogP contribution in [0.3, 0.4) is 0 Å². The fraction of sp³-hybridized carbons (Fsp3) is 0.444. The largest absolute Gasteiger partial charge is 0.480 e. The van der Waals surface area contributed by atoms with Gasteiger partial charge in [-0.3, -0.25) is 19.0 Å². The number of carboxylic acid groups (broad SMARTS) is 1. The molecule has 2 saturated heterocycles. The number of carboxylic acids is 1. The van der Waals surface area contributed by atoms with Gasteiger partial charge in [0.25, 0.3) is 0 Å². The molecule has 6 rings (SSSR count). The lowest BCUT2D eigenvalue weighted by Gasteiger charge is -2.38. The van der Waals surface area contributed by atoms with E-state index < -0.39 is 57.5 Å². The molecule has 21 heteroatoms. The molecular weight excluding hydrogens is 852 g/mol. The molecule has 11 nitrogen and oxygen atoms in total. The fourth-order valence-corrected chi connectivity index (χ4v) is 6.88. The Bertz CT molecular complexity index is 2010. The molecule has 0 bridgehead atoms. The van der Waals surface area contributed by atoms with Gasteiger partial charge in [-0.05, 0) is 88.0 Å². The van der Waals surface area contributed by atoms with Gasteiger partial charge in [-0.15, -0.1) is 0 Å². The highest BCUT2D eigenvalue weighted by molar-refractivity contribution is 6.32. The lowest BCUT2D eigenvalue weighted by molar-refractivity contribution is -0.143. The first-order valence-electron chi connectivity index (χ1n) is 17.2. The Morgan fingerprint density at radius 1 is 0.684 bits per heavy atom. The van der Waals surface area contributed by atoms with Crippen LogP contribution >= 0.6 is 46.4 Å². The highest BCUT2D eigenvalue weighted by Crippen LogP contribution is 2.37. The van der Waals surface area contributed by atoms with E-state index in [1.165, 1.54) is 18.7 Å². The van der Waals surface area contributed by atoms with Crippen molar-refractivity contribution in [1.29, 1.82) is 0 Å². The average molecular weight is 891 g/mol. The highest BCUT2D eigenvalue weighted by Gasteiger charge is 2.40. The van der Waals surface area contributed by atoms with Gasteiger partial charge in [0.15, 0.2) is 11.4 Å². The molecule has 4 aromatic rings. The summed E-state index contributed by atoms with van der Waals surface area (Å²) in [7, 11) is 0. The number of nitrogens with one attached hydrogen (secondary N) is 1. The molecule has 0 unspecified atom stereocenters. The van der Waals surface area contributed by atoms with Crippen LogP contribution < -0.4 is 5.32 Å². The monoisotopic (exact) mass is 888 g/mol. The van der Waals surface area contributed by atoms with Gasteiger partial charge in [-0.2, -0.15) is 36.5 Å². The van der Waals surface area contributed by atoms with Crippen molar-refractivity contribution in [3.8, 4) is 0 Å². The van der Waals surface area contributed by atoms with Gasteiger partial charge in [-0.25, -0.2) is 0 Å². The number of hydrogen-bond donors (Lipinski definition) is 4. The number of aliphatic carboxylic acids is 1. The molecule has 0 atom stereocenters. The minimum atomic E-state index is -4.68. The average Bonchev–Trinajstić information content (AvgIpc) is 3.59. The van der Waals surface area contributed by atoms with Gasteiger partial charge < -0.3 is 25.5 Å². The van der Waals surface area contributed by atoms with E-state index in [-0.39, 0.29) is 36.9 Å². The van der Waals surface area contributed by atoms with Crippen molar-refractivity contribution in [2.24, 2.45) is 0 Å². The quantitative estimate of drug-likeness (QED) is 0.143. The summed E-state index contributed by atoms with van der Waals surface area (Å²) in [6.45, 7) is 3.96. The van der Waals surface area contributed by atoms with Gasteiger partial charge in [-0.1, -0.05) is 70.7 Å². The Morgan fingerprint density at radius 2 is 1.05 bits per heavy atom. The molecule has 57 heavy (non-hydrogen) atoms. The van der Waals surface area contributed by atoms with E-state index in [1.54, 1.807) is 24.3 Å². The second-order valence-corrected chi connectivity index (χ2v) is 15.0. The number of carbonyl (C=O) groups excluding carboxylic acids is 1. The Kier molecular flexibility index (Phi) is 15.0. The summed E-state index contributed by atoms with van der Waals surface area (Å²) >= 11 is 22.8. The zero-order valence-electron chi connectivity index (χ0n) is 30.4. The zero-order valence-corrected chi connectivity index (χ0v) is 33.4. The topological polar surface area (TPSA) is 146 Å². The molecule has 4 heterocycles. The smallest absolute Gasteiger partial charge is 0.436 e. The Labute approximate surface area is 343 Å². The van der Waals surface area contributed by atoms with Crippen LogP contribution in [0.25, 0.3) is 0 Å². The first-order valence-corrected chi connectivity index (χ1v) is 18.7. The number of alkyl halides is 6. The van der Waals surface area contributed by atoms with Crippen molar-refractivity contribution in [2.45, 2.75) is 76.2 Å². The first kappa shape index (κ1) is 46.1. The van der Waals surface area contributed by atoms with Crippen LogP contribution in [-0.2, 0) is 46.2 Å². The molecule has 2 fully saturated rings. The molecule has 0 radical (unpaired) electrons. The van der Waals surface area contributed by atoms with E-state index in [1.807, 2.05) is 24.3 Å². The van der Waals surface area contributed by atoms with Crippen molar-refractivity contribution in [3.05, 3.63) is 103 Å². The predicted molar refractivity (Wildman–Crippen MR) is 200 cm³/mol. The van der Waals surface area contributed by atoms with Gasteiger partial charge in [0.2, 0.25) is 5.91 Å². The molecular formula is C36H38Cl4F6N6O5. The van der Waals surface area contributed by atoms with Crippen molar-refractivity contribution >= 4 is 58.3 Å². The second-order valence-electron chi connectivity index (χ2n) is 13.4. The summed E-state index contributed by atoms with van der Waals surface area (Å²) in [5.41, 5.74) is -2.44. The minimum Gasteiger partial charge on any atom is -0.480 e. The Balaban J connectivity index is 0.000000209. The summed E-state index contributed by atoms with van der Waals surface area (Å²) in [6, 6.07) is 14.3. The van der Waals surface area contributed by atoms with E-state index in [0.29, 0.717) is 33.1 Å². The van der Waals surface area contributed by atoms with E-state index in [0.717, 1.165) is 36.2 Å². The first-order chi connectivity index (χ1) is 26.4. The molecule has 4 N–H and O–H groups in total. The third-order valence-electron chi connectivity index (χ3n) is 9.51. The molecule has 2 aromatic heterocycles. The zero-order chi connectivity index (χ0) is 42.5. The number of aromatic nitrogens is 4. The van der Waals surface area contributed by atoms with Crippen LogP contribution in [0.2, 0.25) is 20.1 Å². The van der Waals surface area contributed by atoms with Crippen LogP contribution in [0.15, 0.2) is 48.5 Å². The number of hydrogen-bond acceptors (Lipinski definition) is 7. The summed E-state index contributed by atoms with van der Waals surface area (Å²) in [4.78, 5) is 24.3. The highest BCUT2D eigenvalue weighted by atomic mass is 35.5.